The van der Waals surface area contributed by atoms with Crippen molar-refractivity contribution in [3.8, 4) is 0 Å². The average Bonchev–Trinajstić information content (AvgIpc) is 3.14. The molecule has 9 heteroatoms. The second kappa shape index (κ2) is 10.6. The van der Waals surface area contributed by atoms with Gasteiger partial charge in [-0.25, -0.2) is 9.67 Å². The summed E-state index contributed by atoms with van der Waals surface area (Å²) in [5.74, 6) is 2.23. The molecule has 29 heavy (non-hydrogen) atoms. The van der Waals surface area contributed by atoms with Crippen molar-refractivity contribution in [2.75, 3.05) is 27.2 Å². The molecule has 1 amide bonds. The Morgan fingerprint density at radius 1 is 1.31 bits per heavy atom. The van der Waals surface area contributed by atoms with Gasteiger partial charge in [0.1, 0.15) is 12.4 Å². The van der Waals surface area contributed by atoms with Crippen molar-refractivity contribution in [3.05, 3.63) is 47.5 Å². The summed E-state index contributed by atoms with van der Waals surface area (Å²) in [4.78, 5) is 20.8. The molecule has 9 nitrogen and oxygen atoms in total. The third-order valence-corrected chi connectivity index (χ3v) is 4.73. The number of ether oxygens (including phenoxy) is 1. The maximum Gasteiger partial charge on any atom is 0.239 e. The number of rotatable bonds is 8. The lowest BCUT2D eigenvalue weighted by Crippen LogP contribution is -2.49. The predicted molar refractivity (Wildman–Crippen MR) is 110 cm³/mol. The molecule has 0 radical (unpaired) electrons. The van der Waals surface area contributed by atoms with Gasteiger partial charge in [-0.3, -0.25) is 9.79 Å². The summed E-state index contributed by atoms with van der Waals surface area (Å²) in [6.07, 6.45) is 2.58. The minimum absolute atomic E-state index is 0.0599. The van der Waals surface area contributed by atoms with Crippen LogP contribution in [0, 0.1) is 0 Å². The van der Waals surface area contributed by atoms with Crippen LogP contribution in [0.2, 0.25) is 0 Å². The van der Waals surface area contributed by atoms with Gasteiger partial charge in [-0.2, -0.15) is 5.10 Å². The summed E-state index contributed by atoms with van der Waals surface area (Å²) in [7, 11) is 3.33. The number of nitrogens with one attached hydrogen (secondary N) is 3. The molecule has 0 aliphatic carbocycles. The summed E-state index contributed by atoms with van der Waals surface area (Å²) in [6, 6.07) is 10.3. The Bertz CT molecular complexity index is 819. The minimum atomic E-state index is -0.0599. The Morgan fingerprint density at radius 3 is 2.90 bits per heavy atom. The van der Waals surface area contributed by atoms with E-state index in [1.165, 1.54) is 5.56 Å². The third-order valence-electron chi connectivity index (χ3n) is 4.73. The first-order valence-electron chi connectivity index (χ1n) is 9.87. The first-order valence-corrected chi connectivity index (χ1v) is 9.87. The molecule has 1 aliphatic rings. The van der Waals surface area contributed by atoms with Gasteiger partial charge in [0.25, 0.3) is 0 Å². The van der Waals surface area contributed by atoms with Crippen molar-refractivity contribution in [2.45, 2.75) is 38.5 Å². The molecule has 0 spiro atoms. The van der Waals surface area contributed by atoms with Gasteiger partial charge in [-0.1, -0.05) is 30.3 Å². The van der Waals surface area contributed by atoms with Crippen LogP contribution in [-0.2, 0) is 35.5 Å². The topological polar surface area (TPSA) is 105 Å². The largest absolute Gasteiger partial charge is 0.377 e. The van der Waals surface area contributed by atoms with E-state index in [0.29, 0.717) is 31.5 Å². The SMILES string of the molecule is CN=C(NCC(=O)NCCc1ccccc1)NC1CCc2nc(COC)nn2C1. The molecule has 0 saturated heterocycles. The van der Waals surface area contributed by atoms with Crippen molar-refractivity contribution in [1.29, 1.82) is 0 Å². The number of methoxy groups -OCH3 is 1. The number of aryl methyl sites for hydroxylation is 1. The van der Waals surface area contributed by atoms with Crippen molar-refractivity contribution in [2.24, 2.45) is 4.99 Å². The van der Waals surface area contributed by atoms with Gasteiger partial charge in [0.05, 0.1) is 13.1 Å². The minimum Gasteiger partial charge on any atom is -0.377 e. The van der Waals surface area contributed by atoms with Crippen LogP contribution >= 0.6 is 0 Å². The number of aromatic nitrogens is 3. The summed E-state index contributed by atoms with van der Waals surface area (Å²) < 4.78 is 7.02. The summed E-state index contributed by atoms with van der Waals surface area (Å²) in [6.45, 7) is 1.91. The van der Waals surface area contributed by atoms with E-state index in [1.54, 1.807) is 14.2 Å². The van der Waals surface area contributed by atoms with Gasteiger partial charge in [0.15, 0.2) is 11.8 Å². The molecule has 3 N–H and O–H groups in total. The lowest BCUT2D eigenvalue weighted by molar-refractivity contribution is -0.119. The summed E-state index contributed by atoms with van der Waals surface area (Å²) in [5.41, 5.74) is 1.21. The molecule has 1 aromatic carbocycles. The van der Waals surface area contributed by atoms with Crippen LogP contribution in [0.25, 0.3) is 0 Å². The normalized spacial score (nSPS) is 16.2. The van der Waals surface area contributed by atoms with Crippen molar-refractivity contribution >= 4 is 11.9 Å². The zero-order valence-electron chi connectivity index (χ0n) is 17.0. The van der Waals surface area contributed by atoms with Crippen LogP contribution in [0.5, 0.6) is 0 Å². The molecule has 0 bridgehead atoms. The highest BCUT2D eigenvalue weighted by molar-refractivity contribution is 5.86. The summed E-state index contributed by atoms with van der Waals surface area (Å²) in [5, 5.41) is 13.8. The third kappa shape index (κ3) is 6.28. The lowest BCUT2D eigenvalue weighted by Gasteiger charge is -2.25. The van der Waals surface area contributed by atoms with E-state index in [0.717, 1.165) is 25.1 Å². The van der Waals surface area contributed by atoms with E-state index in [-0.39, 0.29) is 18.5 Å². The molecular weight excluding hydrogens is 370 g/mol. The zero-order valence-corrected chi connectivity index (χ0v) is 17.0. The number of carbonyl (C=O) groups is 1. The fraction of sp³-hybridized carbons (Fsp3) is 0.500. The highest BCUT2D eigenvalue weighted by atomic mass is 16.5. The quantitative estimate of drug-likeness (QED) is 0.435. The average molecular weight is 399 g/mol. The van der Waals surface area contributed by atoms with Gasteiger partial charge in [0, 0.05) is 33.2 Å². The van der Waals surface area contributed by atoms with Gasteiger partial charge >= 0.3 is 0 Å². The van der Waals surface area contributed by atoms with Crippen molar-refractivity contribution < 1.29 is 9.53 Å². The fourth-order valence-electron chi connectivity index (χ4n) is 3.27. The molecule has 156 valence electrons. The molecule has 3 rings (SSSR count). The maximum atomic E-state index is 12.1. The Labute approximate surface area is 171 Å². The molecule has 1 unspecified atom stereocenters. The zero-order chi connectivity index (χ0) is 20.5. The highest BCUT2D eigenvalue weighted by Crippen LogP contribution is 2.13. The standard InChI is InChI=1S/C20H29N7O2/c1-21-20(23-12-19(28)22-11-10-15-6-4-3-5-7-15)24-16-8-9-18-25-17(14-29-2)26-27(18)13-16/h3-7,16H,8-14H2,1-2H3,(H,22,28)(H2,21,23,24). The van der Waals surface area contributed by atoms with E-state index in [2.05, 4.69) is 43.2 Å². The Hall–Kier alpha value is -2.94. The van der Waals surface area contributed by atoms with Crippen LogP contribution in [0.4, 0.5) is 0 Å². The van der Waals surface area contributed by atoms with Gasteiger partial charge < -0.3 is 20.7 Å². The van der Waals surface area contributed by atoms with E-state index in [1.807, 2.05) is 22.9 Å². The number of guanidine groups is 1. The molecule has 1 atom stereocenters. The molecule has 1 aliphatic heterocycles. The molecule has 2 aromatic rings. The van der Waals surface area contributed by atoms with E-state index < -0.39 is 0 Å². The Balaban J connectivity index is 1.39. The monoisotopic (exact) mass is 399 g/mol. The number of benzene rings is 1. The van der Waals surface area contributed by atoms with E-state index in [9.17, 15) is 4.79 Å². The second-order valence-electron chi connectivity index (χ2n) is 6.95. The number of carbonyl (C=O) groups excluding carboxylic acids is 1. The van der Waals surface area contributed by atoms with Gasteiger partial charge in [0.2, 0.25) is 5.91 Å². The van der Waals surface area contributed by atoms with Gasteiger partial charge in [-0.05, 0) is 18.4 Å². The van der Waals surface area contributed by atoms with Crippen LogP contribution < -0.4 is 16.0 Å². The second-order valence-corrected chi connectivity index (χ2v) is 6.95. The predicted octanol–water partition coefficient (Wildman–Crippen LogP) is 0.263. The smallest absolute Gasteiger partial charge is 0.239 e. The first-order chi connectivity index (χ1) is 14.2. The number of fused-ring (bicyclic) bond motifs is 1. The molecular formula is C20H29N7O2. The Morgan fingerprint density at radius 2 is 2.14 bits per heavy atom. The van der Waals surface area contributed by atoms with E-state index >= 15 is 0 Å². The van der Waals surface area contributed by atoms with Crippen LogP contribution in [0.15, 0.2) is 35.3 Å². The van der Waals surface area contributed by atoms with Crippen molar-refractivity contribution in [1.82, 2.24) is 30.7 Å². The van der Waals surface area contributed by atoms with Crippen LogP contribution in [0.1, 0.15) is 23.6 Å². The number of hydrogen-bond acceptors (Lipinski definition) is 5. The van der Waals surface area contributed by atoms with Crippen LogP contribution in [0.3, 0.4) is 0 Å². The lowest BCUT2D eigenvalue weighted by atomic mass is 10.1. The Kier molecular flexibility index (Phi) is 7.57. The van der Waals surface area contributed by atoms with E-state index in [4.69, 9.17) is 4.74 Å². The van der Waals surface area contributed by atoms with Gasteiger partial charge in [-0.15, -0.1) is 0 Å². The number of amides is 1. The summed E-state index contributed by atoms with van der Waals surface area (Å²) >= 11 is 0. The highest BCUT2D eigenvalue weighted by Gasteiger charge is 2.22. The number of nitrogens with zero attached hydrogens (tertiary/aromatic N) is 4. The molecule has 0 fully saturated rings. The maximum absolute atomic E-state index is 12.1. The molecule has 1 aromatic heterocycles. The number of hydrogen-bond donors (Lipinski definition) is 3. The fourth-order valence-corrected chi connectivity index (χ4v) is 3.27. The molecule has 2 heterocycles. The van der Waals surface area contributed by atoms with Crippen LogP contribution in [-0.4, -0.2) is 59.9 Å². The molecule has 0 saturated carbocycles. The van der Waals surface area contributed by atoms with Crippen molar-refractivity contribution in [3.63, 3.8) is 0 Å². The number of aliphatic imine (C=N–C) groups is 1. The first kappa shape index (κ1) is 20.8.